The number of carbonyl (C=O) groups excluding carboxylic acids is 3. The molecule has 3 rings (SSSR count). The molecule has 0 bridgehead atoms. The minimum absolute atomic E-state index is 0.279. The Kier molecular flexibility index (Phi) is 7.75. The summed E-state index contributed by atoms with van der Waals surface area (Å²) in [6.45, 7) is 2.94. The molecule has 1 aliphatic heterocycles. The quantitative estimate of drug-likeness (QED) is 0.666. The lowest BCUT2D eigenvalue weighted by Gasteiger charge is -2.32. The van der Waals surface area contributed by atoms with Gasteiger partial charge >= 0.3 is 12.0 Å². The molecule has 9 nitrogen and oxygen atoms in total. The lowest BCUT2D eigenvalue weighted by Crippen LogP contribution is -2.45. The van der Waals surface area contributed by atoms with Crippen LogP contribution in [0.5, 0.6) is 0 Å². The number of benzene rings is 1. The van der Waals surface area contributed by atoms with Gasteiger partial charge in [-0.05, 0) is 37.5 Å². The number of amides is 3. The van der Waals surface area contributed by atoms with Crippen LogP contribution < -0.4 is 15.5 Å². The number of ether oxygens (including phenoxy) is 1. The van der Waals surface area contributed by atoms with E-state index in [0.29, 0.717) is 31.5 Å². The predicted molar refractivity (Wildman–Crippen MR) is 116 cm³/mol. The zero-order valence-electron chi connectivity index (χ0n) is 17.8. The van der Waals surface area contributed by atoms with Crippen molar-refractivity contribution in [3.05, 3.63) is 59.8 Å². The van der Waals surface area contributed by atoms with Crippen LogP contribution in [0.3, 0.4) is 0 Å². The number of imide groups is 1. The number of carbonyl (C=O) groups is 3. The van der Waals surface area contributed by atoms with Crippen LogP contribution in [0.2, 0.25) is 0 Å². The third-order valence-electron chi connectivity index (χ3n) is 5.22. The maximum atomic E-state index is 12.5. The van der Waals surface area contributed by atoms with Crippen LogP contribution >= 0.6 is 0 Å². The molecule has 1 aromatic heterocycles. The molecule has 2 N–H and O–H groups in total. The molecule has 0 spiro atoms. The maximum Gasteiger partial charge on any atom is 0.321 e. The van der Waals surface area contributed by atoms with Crippen LogP contribution in [0, 0.1) is 17.2 Å². The summed E-state index contributed by atoms with van der Waals surface area (Å²) in [4.78, 5) is 42.9. The molecular formula is C23H25N5O4. The van der Waals surface area contributed by atoms with Crippen LogP contribution in [-0.4, -0.2) is 42.1 Å². The molecule has 166 valence electrons. The zero-order chi connectivity index (χ0) is 22.9. The monoisotopic (exact) mass is 435 g/mol. The van der Waals surface area contributed by atoms with E-state index >= 15 is 0 Å². The molecule has 32 heavy (non-hydrogen) atoms. The van der Waals surface area contributed by atoms with Crippen LogP contribution in [0.4, 0.5) is 10.6 Å². The van der Waals surface area contributed by atoms with E-state index in [4.69, 9.17) is 10.00 Å². The summed E-state index contributed by atoms with van der Waals surface area (Å²) in [5, 5.41) is 13.6. The highest BCUT2D eigenvalue weighted by Gasteiger charge is 2.29. The Morgan fingerprint density at radius 3 is 2.53 bits per heavy atom. The molecule has 1 unspecified atom stereocenters. The van der Waals surface area contributed by atoms with Crippen molar-refractivity contribution in [1.29, 1.82) is 5.26 Å². The first-order chi connectivity index (χ1) is 15.5. The van der Waals surface area contributed by atoms with Gasteiger partial charge in [0.15, 0.2) is 6.10 Å². The second-order valence-corrected chi connectivity index (χ2v) is 7.51. The van der Waals surface area contributed by atoms with Crippen LogP contribution in [0.15, 0.2) is 48.7 Å². The topological polar surface area (TPSA) is 124 Å². The number of hydrogen-bond acceptors (Lipinski definition) is 7. The minimum Gasteiger partial charge on any atom is -0.452 e. The van der Waals surface area contributed by atoms with Gasteiger partial charge in [0.25, 0.3) is 5.91 Å². The highest BCUT2D eigenvalue weighted by Crippen LogP contribution is 2.23. The number of hydrogen-bond donors (Lipinski definition) is 2. The summed E-state index contributed by atoms with van der Waals surface area (Å²) in [5.41, 5.74) is 1.39. The minimum atomic E-state index is -1.08. The van der Waals surface area contributed by atoms with Crippen molar-refractivity contribution < 1.29 is 19.1 Å². The van der Waals surface area contributed by atoms with Gasteiger partial charge in [-0.3, -0.25) is 14.9 Å². The van der Waals surface area contributed by atoms with E-state index in [9.17, 15) is 14.4 Å². The van der Waals surface area contributed by atoms with Crippen molar-refractivity contribution in [1.82, 2.24) is 15.6 Å². The molecule has 2 aromatic rings. The molecule has 1 atom stereocenters. The Hall–Kier alpha value is -3.93. The van der Waals surface area contributed by atoms with E-state index in [2.05, 4.69) is 15.6 Å². The van der Waals surface area contributed by atoms with E-state index in [0.717, 1.165) is 11.4 Å². The molecule has 1 aliphatic rings. The largest absolute Gasteiger partial charge is 0.452 e. The zero-order valence-corrected chi connectivity index (χ0v) is 17.8. The normalized spacial score (nSPS) is 14.7. The van der Waals surface area contributed by atoms with E-state index in [-0.39, 0.29) is 12.5 Å². The standard InChI is InChI=1S/C23H25N5O4/c1-16(21(29)27-23(31)26-14-17-5-3-2-4-6-17)32-22(30)19-9-11-28(12-10-19)20-8-7-18(13-24)15-25-20/h2-8,15-16,19H,9-12,14H2,1H3,(H2,26,27,29,31). The van der Waals surface area contributed by atoms with E-state index in [1.54, 1.807) is 12.1 Å². The third-order valence-corrected chi connectivity index (χ3v) is 5.22. The van der Waals surface area contributed by atoms with Gasteiger partial charge < -0.3 is 15.0 Å². The number of nitriles is 1. The smallest absolute Gasteiger partial charge is 0.321 e. The fourth-order valence-electron chi connectivity index (χ4n) is 3.34. The first kappa shape index (κ1) is 22.7. The summed E-state index contributed by atoms with van der Waals surface area (Å²) in [6.07, 6.45) is 1.56. The lowest BCUT2D eigenvalue weighted by atomic mass is 9.97. The number of piperidine rings is 1. The number of esters is 1. The highest BCUT2D eigenvalue weighted by molar-refractivity contribution is 5.97. The number of anilines is 1. The fourth-order valence-corrected chi connectivity index (χ4v) is 3.34. The van der Waals surface area contributed by atoms with Gasteiger partial charge in [-0.2, -0.15) is 5.26 Å². The molecule has 1 aromatic carbocycles. The number of rotatable bonds is 6. The maximum absolute atomic E-state index is 12.5. The lowest BCUT2D eigenvalue weighted by molar-refractivity contribution is -0.159. The van der Waals surface area contributed by atoms with Gasteiger partial charge in [0.2, 0.25) is 0 Å². The summed E-state index contributed by atoms with van der Waals surface area (Å²) in [7, 11) is 0. The number of nitrogens with zero attached hydrogens (tertiary/aromatic N) is 3. The van der Waals surface area contributed by atoms with Crippen molar-refractivity contribution in [3.8, 4) is 6.07 Å². The number of aromatic nitrogens is 1. The van der Waals surface area contributed by atoms with E-state index in [1.165, 1.54) is 13.1 Å². The number of nitrogens with one attached hydrogen (secondary N) is 2. The van der Waals surface area contributed by atoms with Crippen molar-refractivity contribution in [2.24, 2.45) is 5.92 Å². The van der Waals surface area contributed by atoms with E-state index < -0.39 is 24.0 Å². The molecule has 3 amide bonds. The number of urea groups is 1. The van der Waals surface area contributed by atoms with Crippen LogP contribution in [0.1, 0.15) is 30.9 Å². The van der Waals surface area contributed by atoms with Gasteiger partial charge in [-0.1, -0.05) is 30.3 Å². The Morgan fingerprint density at radius 1 is 1.19 bits per heavy atom. The highest BCUT2D eigenvalue weighted by atomic mass is 16.5. The van der Waals surface area contributed by atoms with Gasteiger partial charge in [-0.25, -0.2) is 9.78 Å². The van der Waals surface area contributed by atoms with Crippen molar-refractivity contribution >= 4 is 23.7 Å². The number of pyridine rings is 1. The van der Waals surface area contributed by atoms with Crippen molar-refractivity contribution in [2.45, 2.75) is 32.4 Å². The second kappa shape index (κ2) is 10.9. The summed E-state index contributed by atoms with van der Waals surface area (Å²) < 4.78 is 5.29. The van der Waals surface area contributed by atoms with Gasteiger partial charge in [-0.15, -0.1) is 0 Å². The summed E-state index contributed by atoms with van der Waals surface area (Å²) in [6, 6.07) is 14.2. The first-order valence-corrected chi connectivity index (χ1v) is 10.4. The van der Waals surface area contributed by atoms with Gasteiger partial charge in [0.1, 0.15) is 11.9 Å². The predicted octanol–water partition coefficient (Wildman–Crippen LogP) is 2.13. The molecule has 9 heteroatoms. The molecule has 0 radical (unpaired) electrons. The SMILES string of the molecule is CC(OC(=O)C1CCN(c2ccc(C#N)cn2)CC1)C(=O)NC(=O)NCc1ccccc1. The third kappa shape index (κ3) is 6.28. The Morgan fingerprint density at radius 2 is 1.91 bits per heavy atom. The molecule has 0 aliphatic carbocycles. The van der Waals surface area contributed by atoms with E-state index in [1.807, 2.05) is 41.3 Å². The van der Waals surface area contributed by atoms with Crippen molar-refractivity contribution in [3.63, 3.8) is 0 Å². The summed E-state index contributed by atoms with van der Waals surface area (Å²) in [5.74, 6) is -0.704. The summed E-state index contributed by atoms with van der Waals surface area (Å²) >= 11 is 0. The second-order valence-electron chi connectivity index (χ2n) is 7.51. The Balaban J connectivity index is 1.40. The van der Waals surface area contributed by atoms with Crippen LogP contribution in [0.25, 0.3) is 0 Å². The molecule has 1 saturated heterocycles. The Bertz CT molecular complexity index is 980. The van der Waals surface area contributed by atoms with Gasteiger partial charge in [0, 0.05) is 25.8 Å². The Labute approximate surface area is 186 Å². The molecular weight excluding hydrogens is 410 g/mol. The first-order valence-electron chi connectivity index (χ1n) is 10.4. The molecule has 1 fully saturated rings. The van der Waals surface area contributed by atoms with Crippen LogP contribution in [-0.2, 0) is 20.9 Å². The fraction of sp³-hybridized carbons (Fsp3) is 0.348. The van der Waals surface area contributed by atoms with Gasteiger partial charge in [0.05, 0.1) is 11.5 Å². The average molecular weight is 435 g/mol. The molecule has 0 saturated carbocycles. The molecule has 2 heterocycles. The van der Waals surface area contributed by atoms with Crippen molar-refractivity contribution in [2.75, 3.05) is 18.0 Å². The average Bonchev–Trinajstić information content (AvgIpc) is 2.83.